The minimum Gasteiger partial charge on any atom is -0.364 e. The summed E-state index contributed by atoms with van der Waals surface area (Å²) in [7, 11) is 0. The highest BCUT2D eigenvalue weighted by molar-refractivity contribution is 5.93. The fourth-order valence-corrected chi connectivity index (χ4v) is 3.55. The zero-order valence-electron chi connectivity index (χ0n) is 15.7. The Morgan fingerprint density at radius 1 is 1.21 bits per heavy atom. The molecule has 2 N–H and O–H groups in total. The summed E-state index contributed by atoms with van der Waals surface area (Å²) in [6.45, 7) is 3.77. The summed E-state index contributed by atoms with van der Waals surface area (Å²) in [5.74, 6) is 0.482. The number of aromatic nitrogens is 2. The van der Waals surface area contributed by atoms with E-state index in [1.807, 2.05) is 12.1 Å². The molecule has 4 rings (SSSR count). The Balaban J connectivity index is 1.51. The molecule has 0 spiro atoms. The smallest absolute Gasteiger partial charge is 0.257 e. The first-order valence-corrected chi connectivity index (χ1v) is 9.35. The first-order chi connectivity index (χ1) is 13.6. The van der Waals surface area contributed by atoms with Gasteiger partial charge in [-0.15, -0.1) is 0 Å². The first kappa shape index (κ1) is 18.0. The molecule has 6 nitrogen and oxygen atoms in total. The Labute approximate surface area is 163 Å². The van der Waals surface area contributed by atoms with E-state index in [1.165, 1.54) is 23.4 Å². The van der Waals surface area contributed by atoms with Crippen LogP contribution in [-0.2, 0) is 19.5 Å². The fraction of sp³-hybridized carbons (Fsp3) is 0.227. The molecule has 28 heavy (non-hydrogen) atoms. The van der Waals surface area contributed by atoms with Crippen molar-refractivity contribution < 1.29 is 4.79 Å². The molecule has 1 amide bonds. The minimum atomic E-state index is -0.389. The Morgan fingerprint density at radius 3 is 2.86 bits per heavy atom. The van der Waals surface area contributed by atoms with Gasteiger partial charge in [-0.2, -0.15) is 0 Å². The van der Waals surface area contributed by atoms with Gasteiger partial charge in [0.05, 0.1) is 0 Å². The lowest BCUT2D eigenvalue weighted by Crippen LogP contribution is -2.33. The standard InChI is InChI=1S/C22H22N4O2/c1-15-11-20(27)19(13-24-15)22(28)25-12-17-7-4-9-23-21(17)26-10-8-16-5-2-3-6-18(16)14-26/h2-7,9,11,13H,8,10,12,14H2,1H3,(H,24,27)(H,25,28). The van der Waals surface area contributed by atoms with Crippen LogP contribution >= 0.6 is 0 Å². The topological polar surface area (TPSA) is 78.1 Å². The molecule has 6 heteroatoms. The second-order valence-electron chi connectivity index (χ2n) is 7.00. The number of pyridine rings is 2. The number of rotatable bonds is 4. The van der Waals surface area contributed by atoms with Gasteiger partial charge < -0.3 is 15.2 Å². The summed E-state index contributed by atoms with van der Waals surface area (Å²) in [4.78, 5) is 34.2. The van der Waals surface area contributed by atoms with Gasteiger partial charge in [0.1, 0.15) is 11.4 Å². The molecular weight excluding hydrogens is 352 g/mol. The molecule has 0 bridgehead atoms. The number of carbonyl (C=O) groups excluding carboxylic acids is 1. The number of hydrogen-bond donors (Lipinski definition) is 2. The van der Waals surface area contributed by atoms with Crippen LogP contribution in [0, 0.1) is 6.92 Å². The van der Waals surface area contributed by atoms with Crippen LogP contribution in [0.1, 0.15) is 32.7 Å². The fourth-order valence-electron chi connectivity index (χ4n) is 3.55. The van der Waals surface area contributed by atoms with Gasteiger partial charge >= 0.3 is 0 Å². The Kier molecular flexibility index (Phi) is 4.93. The lowest BCUT2D eigenvalue weighted by Gasteiger charge is -2.31. The minimum absolute atomic E-state index is 0.114. The molecule has 0 fully saturated rings. The van der Waals surface area contributed by atoms with Crippen LogP contribution in [0.25, 0.3) is 0 Å². The van der Waals surface area contributed by atoms with Crippen LogP contribution in [-0.4, -0.2) is 22.4 Å². The van der Waals surface area contributed by atoms with E-state index >= 15 is 0 Å². The number of nitrogens with zero attached hydrogens (tertiary/aromatic N) is 2. The van der Waals surface area contributed by atoms with E-state index in [0.29, 0.717) is 6.54 Å². The third-order valence-corrected chi connectivity index (χ3v) is 5.04. The Hall–Kier alpha value is -3.41. The largest absolute Gasteiger partial charge is 0.364 e. The van der Waals surface area contributed by atoms with E-state index in [2.05, 4.69) is 44.5 Å². The molecule has 142 valence electrons. The van der Waals surface area contributed by atoms with Crippen LogP contribution in [0.2, 0.25) is 0 Å². The molecule has 0 atom stereocenters. The number of anilines is 1. The molecule has 1 aliphatic rings. The molecule has 0 unspecified atom stereocenters. The van der Waals surface area contributed by atoms with Crippen molar-refractivity contribution in [1.82, 2.24) is 15.3 Å². The summed E-state index contributed by atoms with van der Waals surface area (Å²) in [6.07, 6.45) is 4.20. The van der Waals surface area contributed by atoms with Crippen LogP contribution in [0.5, 0.6) is 0 Å². The van der Waals surface area contributed by atoms with Gasteiger partial charge in [-0.25, -0.2) is 4.98 Å². The molecule has 0 saturated heterocycles. The monoisotopic (exact) mass is 374 g/mol. The summed E-state index contributed by atoms with van der Waals surface area (Å²) < 4.78 is 0. The molecule has 0 saturated carbocycles. The summed E-state index contributed by atoms with van der Waals surface area (Å²) in [6, 6.07) is 13.7. The van der Waals surface area contributed by atoms with E-state index in [4.69, 9.17) is 0 Å². The van der Waals surface area contributed by atoms with Crippen molar-refractivity contribution in [2.24, 2.45) is 0 Å². The summed E-state index contributed by atoms with van der Waals surface area (Å²) in [5, 5.41) is 2.85. The summed E-state index contributed by atoms with van der Waals surface area (Å²) in [5.41, 5.74) is 4.17. The molecular formula is C22H22N4O2. The number of H-pyrrole nitrogens is 1. The van der Waals surface area contributed by atoms with Gasteiger partial charge in [0.25, 0.3) is 5.91 Å². The van der Waals surface area contributed by atoms with Crippen molar-refractivity contribution in [3.63, 3.8) is 0 Å². The second-order valence-corrected chi connectivity index (χ2v) is 7.00. The van der Waals surface area contributed by atoms with Gasteiger partial charge in [-0.05, 0) is 30.5 Å². The highest BCUT2D eigenvalue weighted by atomic mass is 16.2. The van der Waals surface area contributed by atoms with E-state index < -0.39 is 0 Å². The molecule has 0 radical (unpaired) electrons. The lowest BCUT2D eigenvalue weighted by molar-refractivity contribution is 0.0949. The van der Waals surface area contributed by atoms with Gasteiger partial charge in [-0.3, -0.25) is 9.59 Å². The zero-order chi connectivity index (χ0) is 19.5. The molecule has 1 aliphatic heterocycles. The number of aryl methyl sites for hydroxylation is 1. The van der Waals surface area contributed by atoms with Gasteiger partial charge in [0.2, 0.25) is 0 Å². The number of fused-ring (bicyclic) bond motifs is 1. The quantitative estimate of drug-likeness (QED) is 0.736. The van der Waals surface area contributed by atoms with Crippen LogP contribution in [0.4, 0.5) is 5.82 Å². The number of aromatic amines is 1. The Bertz CT molecular complexity index is 1070. The molecule has 3 aromatic rings. The normalized spacial score (nSPS) is 13.1. The summed E-state index contributed by atoms with van der Waals surface area (Å²) >= 11 is 0. The van der Waals surface area contributed by atoms with Crippen molar-refractivity contribution in [2.45, 2.75) is 26.4 Å². The number of amides is 1. The maximum absolute atomic E-state index is 12.4. The number of nitrogens with one attached hydrogen (secondary N) is 2. The molecule has 0 aliphatic carbocycles. The highest BCUT2D eigenvalue weighted by Gasteiger charge is 2.20. The van der Waals surface area contributed by atoms with Crippen molar-refractivity contribution in [3.8, 4) is 0 Å². The van der Waals surface area contributed by atoms with Crippen molar-refractivity contribution >= 4 is 11.7 Å². The third kappa shape index (κ3) is 3.67. The van der Waals surface area contributed by atoms with Crippen LogP contribution < -0.4 is 15.6 Å². The van der Waals surface area contributed by atoms with E-state index in [1.54, 1.807) is 13.1 Å². The van der Waals surface area contributed by atoms with E-state index in [0.717, 1.165) is 36.6 Å². The van der Waals surface area contributed by atoms with Gasteiger partial charge in [0.15, 0.2) is 5.43 Å². The van der Waals surface area contributed by atoms with E-state index in [9.17, 15) is 9.59 Å². The molecule has 1 aromatic carbocycles. The number of hydrogen-bond acceptors (Lipinski definition) is 4. The van der Waals surface area contributed by atoms with Crippen molar-refractivity contribution in [1.29, 1.82) is 0 Å². The molecule has 2 aromatic heterocycles. The van der Waals surface area contributed by atoms with Gasteiger partial charge in [-0.1, -0.05) is 30.3 Å². The third-order valence-electron chi connectivity index (χ3n) is 5.04. The maximum Gasteiger partial charge on any atom is 0.257 e. The SMILES string of the molecule is Cc1cc(=O)c(C(=O)NCc2cccnc2N2CCc3ccccc3C2)c[nH]1. The van der Waals surface area contributed by atoms with Crippen LogP contribution in [0.15, 0.2) is 59.7 Å². The zero-order valence-corrected chi connectivity index (χ0v) is 15.7. The average Bonchev–Trinajstić information content (AvgIpc) is 2.72. The van der Waals surface area contributed by atoms with Gasteiger partial charge in [0, 0.05) is 49.4 Å². The predicted octanol–water partition coefficient (Wildman–Crippen LogP) is 2.57. The van der Waals surface area contributed by atoms with Crippen molar-refractivity contribution in [3.05, 3.63) is 93.0 Å². The highest BCUT2D eigenvalue weighted by Crippen LogP contribution is 2.25. The molecule has 3 heterocycles. The first-order valence-electron chi connectivity index (χ1n) is 9.35. The number of carbonyl (C=O) groups is 1. The average molecular weight is 374 g/mol. The lowest BCUT2D eigenvalue weighted by atomic mass is 9.99. The predicted molar refractivity (Wildman–Crippen MR) is 108 cm³/mol. The maximum atomic E-state index is 12.4. The van der Waals surface area contributed by atoms with Crippen molar-refractivity contribution in [2.75, 3.05) is 11.4 Å². The van der Waals surface area contributed by atoms with E-state index in [-0.39, 0.29) is 16.9 Å². The second kappa shape index (κ2) is 7.68. The van der Waals surface area contributed by atoms with Crippen LogP contribution in [0.3, 0.4) is 0 Å². The number of benzene rings is 1. The Morgan fingerprint density at radius 2 is 2.04 bits per heavy atom.